The lowest BCUT2D eigenvalue weighted by atomic mass is 10.0. The van der Waals surface area contributed by atoms with Crippen LogP contribution in [0.15, 0.2) is 23.7 Å². The first kappa shape index (κ1) is 16.7. The van der Waals surface area contributed by atoms with Crippen LogP contribution in [0.3, 0.4) is 0 Å². The monoisotopic (exact) mass is 367 g/mol. The van der Waals surface area contributed by atoms with Gasteiger partial charge in [0, 0.05) is 43.1 Å². The molecule has 1 fully saturated rings. The third-order valence-corrected chi connectivity index (χ3v) is 5.71. The number of nitrogens with zero attached hydrogens (tertiary/aromatic N) is 5. The van der Waals surface area contributed by atoms with Crippen molar-refractivity contribution in [3.63, 3.8) is 0 Å². The summed E-state index contributed by atoms with van der Waals surface area (Å²) in [6, 6.07) is 5.19. The number of aromatic nitrogens is 2. The minimum absolute atomic E-state index is 0.301. The Kier molecular flexibility index (Phi) is 4.21. The van der Waals surface area contributed by atoms with Gasteiger partial charge in [0.1, 0.15) is 11.9 Å². The molecule has 0 amide bonds. The van der Waals surface area contributed by atoms with E-state index in [9.17, 15) is 9.65 Å². The number of benzene rings is 1. The van der Waals surface area contributed by atoms with Crippen LogP contribution in [0.4, 0.5) is 15.2 Å². The number of aryl methyl sites for hydroxylation is 2. The largest absolute Gasteiger partial charge is 0.366 e. The SMILES string of the molecule is Cc1csc(N2CCN(c3c(C#N)cnc4c(C)cc(F)cc34)CC2)n1. The van der Waals surface area contributed by atoms with Crippen molar-refractivity contribution in [3.8, 4) is 6.07 Å². The van der Waals surface area contributed by atoms with Crippen LogP contribution in [-0.4, -0.2) is 36.1 Å². The van der Waals surface area contributed by atoms with Crippen molar-refractivity contribution in [2.45, 2.75) is 13.8 Å². The van der Waals surface area contributed by atoms with Crippen LogP contribution in [0.25, 0.3) is 10.9 Å². The highest BCUT2D eigenvalue weighted by Gasteiger charge is 2.23. The van der Waals surface area contributed by atoms with E-state index in [0.29, 0.717) is 10.9 Å². The molecule has 1 saturated heterocycles. The summed E-state index contributed by atoms with van der Waals surface area (Å²) in [4.78, 5) is 13.4. The normalized spacial score (nSPS) is 14.7. The van der Waals surface area contributed by atoms with E-state index in [4.69, 9.17) is 0 Å². The Balaban J connectivity index is 1.70. The van der Waals surface area contributed by atoms with Crippen molar-refractivity contribution in [1.82, 2.24) is 9.97 Å². The molecule has 0 saturated carbocycles. The second-order valence-corrected chi connectivity index (χ2v) is 7.33. The summed E-state index contributed by atoms with van der Waals surface area (Å²) in [7, 11) is 0. The van der Waals surface area contributed by atoms with Gasteiger partial charge in [-0.05, 0) is 31.5 Å². The van der Waals surface area contributed by atoms with Gasteiger partial charge in [-0.1, -0.05) is 0 Å². The van der Waals surface area contributed by atoms with Crippen molar-refractivity contribution >= 4 is 33.1 Å². The van der Waals surface area contributed by atoms with Gasteiger partial charge in [0.15, 0.2) is 5.13 Å². The van der Waals surface area contributed by atoms with Gasteiger partial charge < -0.3 is 9.80 Å². The Morgan fingerprint density at radius 3 is 2.54 bits per heavy atom. The number of hydrogen-bond acceptors (Lipinski definition) is 6. The number of rotatable bonds is 2. The molecule has 3 heterocycles. The molecule has 0 aliphatic carbocycles. The summed E-state index contributed by atoms with van der Waals surface area (Å²) >= 11 is 1.65. The number of anilines is 2. The van der Waals surface area contributed by atoms with Gasteiger partial charge in [-0.15, -0.1) is 11.3 Å². The Labute approximate surface area is 155 Å². The molecule has 7 heteroatoms. The molecule has 1 aliphatic rings. The molecule has 0 spiro atoms. The third kappa shape index (κ3) is 2.86. The van der Waals surface area contributed by atoms with Gasteiger partial charge in [-0.2, -0.15) is 5.26 Å². The summed E-state index contributed by atoms with van der Waals surface area (Å²) in [5.41, 5.74) is 3.84. The van der Waals surface area contributed by atoms with E-state index in [-0.39, 0.29) is 5.82 Å². The smallest absolute Gasteiger partial charge is 0.185 e. The number of thiazole rings is 1. The predicted molar refractivity (Wildman–Crippen MR) is 102 cm³/mol. The summed E-state index contributed by atoms with van der Waals surface area (Å²) in [5, 5.41) is 13.3. The van der Waals surface area contributed by atoms with Crippen molar-refractivity contribution < 1.29 is 4.39 Å². The number of fused-ring (bicyclic) bond motifs is 1. The summed E-state index contributed by atoms with van der Waals surface area (Å²) < 4.78 is 14.0. The molecule has 0 unspecified atom stereocenters. The second-order valence-electron chi connectivity index (χ2n) is 6.50. The fourth-order valence-electron chi connectivity index (χ4n) is 3.45. The molecule has 0 radical (unpaired) electrons. The molecule has 0 bridgehead atoms. The van der Waals surface area contributed by atoms with Crippen LogP contribution in [0, 0.1) is 31.0 Å². The highest BCUT2D eigenvalue weighted by Crippen LogP contribution is 2.33. The van der Waals surface area contributed by atoms with E-state index < -0.39 is 0 Å². The van der Waals surface area contributed by atoms with Gasteiger partial charge in [0.05, 0.1) is 22.5 Å². The molecular formula is C19H18FN5S. The van der Waals surface area contributed by atoms with Crippen molar-refractivity contribution in [2.24, 2.45) is 0 Å². The zero-order valence-electron chi connectivity index (χ0n) is 14.7. The van der Waals surface area contributed by atoms with Gasteiger partial charge in [-0.3, -0.25) is 4.98 Å². The van der Waals surface area contributed by atoms with E-state index >= 15 is 0 Å². The Morgan fingerprint density at radius 2 is 1.88 bits per heavy atom. The second kappa shape index (κ2) is 6.54. The summed E-state index contributed by atoms with van der Waals surface area (Å²) in [6.45, 7) is 6.97. The average Bonchev–Trinajstić information content (AvgIpc) is 3.07. The predicted octanol–water partition coefficient (Wildman–Crippen LogP) is 3.65. The lowest BCUT2D eigenvalue weighted by molar-refractivity contribution is 0.628. The molecule has 1 aromatic carbocycles. The highest BCUT2D eigenvalue weighted by molar-refractivity contribution is 7.13. The maximum Gasteiger partial charge on any atom is 0.185 e. The first-order chi connectivity index (χ1) is 12.6. The number of nitriles is 1. The zero-order valence-corrected chi connectivity index (χ0v) is 15.5. The number of pyridine rings is 1. The Morgan fingerprint density at radius 1 is 1.15 bits per heavy atom. The maximum atomic E-state index is 14.0. The van der Waals surface area contributed by atoms with Gasteiger partial charge in [0.25, 0.3) is 0 Å². The lowest BCUT2D eigenvalue weighted by Crippen LogP contribution is -2.46. The number of hydrogen-bond donors (Lipinski definition) is 0. The Hall–Kier alpha value is -2.72. The third-order valence-electron chi connectivity index (χ3n) is 4.69. The number of piperazine rings is 1. The van der Waals surface area contributed by atoms with E-state index in [1.54, 1.807) is 17.5 Å². The van der Waals surface area contributed by atoms with E-state index in [1.807, 2.05) is 13.8 Å². The van der Waals surface area contributed by atoms with Crippen molar-refractivity contribution in [3.05, 3.63) is 46.3 Å². The zero-order chi connectivity index (χ0) is 18.3. The van der Waals surface area contributed by atoms with E-state index in [0.717, 1.165) is 53.8 Å². The molecule has 2 aromatic heterocycles. The van der Waals surface area contributed by atoms with Crippen molar-refractivity contribution in [2.75, 3.05) is 36.0 Å². The number of halogens is 1. The highest BCUT2D eigenvalue weighted by atomic mass is 32.1. The molecule has 0 N–H and O–H groups in total. The molecule has 1 aliphatic heterocycles. The fourth-order valence-corrected chi connectivity index (χ4v) is 4.31. The Bertz CT molecular complexity index is 1010. The molecule has 5 nitrogen and oxygen atoms in total. The van der Waals surface area contributed by atoms with E-state index in [1.165, 1.54) is 12.1 Å². The van der Waals surface area contributed by atoms with Gasteiger partial charge in [0.2, 0.25) is 0 Å². The molecular weight excluding hydrogens is 349 g/mol. The van der Waals surface area contributed by atoms with Crippen LogP contribution in [0.1, 0.15) is 16.8 Å². The van der Waals surface area contributed by atoms with Gasteiger partial charge >= 0.3 is 0 Å². The summed E-state index contributed by atoms with van der Waals surface area (Å²) in [5.74, 6) is -0.301. The first-order valence-electron chi connectivity index (χ1n) is 8.48. The van der Waals surface area contributed by atoms with E-state index in [2.05, 4.69) is 31.2 Å². The van der Waals surface area contributed by atoms with Crippen LogP contribution in [0.5, 0.6) is 0 Å². The molecule has 4 rings (SSSR count). The lowest BCUT2D eigenvalue weighted by Gasteiger charge is -2.36. The molecule has 3 aromatic rings. The first-order valence-corrected chi connectivity index (χ1v) is 9.36. The van der Waals surface area contributed by atoms with Crippen LogP contribution in [0.2, 0.25) is 0 Å². The minimum atomic E-state index is -0.301. The maximum absolute atomic E-state index is 14.0. The fraction of sp³-hybridized carbons (Fsp3) is 0.316. The molecule has 0 atom stereocenters. The molecule has 26 heavy (non-hydrogen) atoms. The van der Waals surface area contributed by atoms with Gasteiger partial charge in [-0.25, -0.2) is 9.37 Å². The molecule has 132 valence electrons. The standard InChI is InChI=1S/C19H18FN5S/c1-12-7-15(20)8-16-17(12)22-10-14(9-21)18(16)24-3-5-25(6-4-24)19-23-13(2)11-26-19/h7-8,10-11H,3-6H2,1-2H3. The average molecular weight is 367 g/mol. The minimum Gasteiger partial charge on any atom is -0.366 e. The summed E-state index contributed by atoms with van der Waals surface area (Å²) in [6.07, 6.45) is 1.60. The van der Waals surface area contributed by atoms with Crippen LogP contribution >= 0.6 is 11.3 Å². The quantitative estimate of drug-likeness (QED) is 0.692. The van der Waals surface area contributed by atoms with Crippen molar-refractivity contribution in [1.29, 1.82) is 5.26 Å². The van der Waals surface area contributed by atoms with Crippen LogP contribution < -0.4 is 9.80 Å². The van der Waals surface area contributed by atoms with Crippen LogP contribution in [-0.2, 0) is 0 Å². The topological polar surface area (TPSA) is 56.0 Å².